The lowest BCUT2D eigenvalue weighted by Gasteiger charge is -2.33. The molecular weight excluding hydrogens is 546 g/mol. The van der Waals surface area contributed by atoms with Gasteiger partial charge in [0.2, 0.25) is 11.8 Å². The molecule has 0 radical (unpaired) electrons. The van der Waals surface area contributed by atoms with Crippen LogP contribution in [0.1, 0.15) is 48.8 Å². The number of amides is 2. The van der Waals surface area contributed by atoms with E-state index in [2.05, 4.69) is 5.32 Å². The maximum atomic E-state index is 13.8. The van der Waals surface area contributed by atoms with Crippen LogP contribution in [0.2, 0.25) is 5.02 Å². The highest BCUT2D eigenvalue weighted by molar-refractivity contribution is 7.99. The van der Waals surface area contributed by atoms with Gasteiger partial charge in [-0.1, -0.05) is 85.5 Å². The first-order valence-electron chi connectivity index (χ1n) is 13.6. The first-order valence-corrected chi connectivity index (χ1v) is 15.1. The second kappa shape index (κ2) is 14.9. The first-order chi connectivity index (χ1) is 19.4. The van der Waals surface area contributed by atoms with Crippen LogP contribution >= 0.6 is 23.4 Å². The Morgan fingerprint density at radius 2 is 1.57 bits per heavy atom. The summed E-state index contributed by atoms with van der Waals surface area (Å²) in [6.45, 7) is 0.281. The van der Waals surface area contributed by atoms with Gasteiger partial charge in [0.1, 0.15) is 6.04 Å². The molecule has 0 aromatic heterocycles. The Morgan fingerprint density at radius 3 is 2.23 bits per heavy atom. The molecular formula is C31H34ClN3O4S. The molecule has 1 aliphatic carbocycles. The van der Waals surface area contributed by atoms with E-state index >= 15 is 0 Å². The number of carbonyl (C=O) groups is 2. The monoisotopic (exact) mass is 579 g/mol. The van der Waals surface area contributed by atoms with E-state index in [0.717, 1.165) is 42.4 Å². The van der Waals surface area contributed by atoms with Crippen molar-refractivity contribution in [1.29, 1.82) is 0 Å². The molecule has 0 spiro atoms. The molecule has 1 atom stereocenters. The SMILES string of the molecule is O=C(NC1CCCCC1)C(Cc1ccccc1)N(Cc1ccc(Cl)cc1)C(=O)CSCc1ccc([N+](=O)[O-])cc1. The summed E-state index contributed by atoms with van der Waals surface area (Å²) in [5.74, 6) is 0.433. The summed E-state index contributed by atoms with van der Waals surface area (Å²) in [5, 5.41) is 14.8. The third kappa shape index (κ3) is 8.83. The molecule has 1 N–H and O–H groups in total. The van der Waals surface area contributed by atoms with Gasteiger partial charge >= 0.3 is 0 Å². The molecule has 1 saturated carbocycles. The number of nitrogens with zero attached hydrogens (tertiary/aromatic N) is 2. The number of nitro groups is 1. The van der Waals surface area contributed by atoms with Gasteiger partial charge in [0, 0.05) is 41.9 Å². The van der Waals surface area contributed by atoms with Crippen LogP contribution < -0.4 is 5.32 Å². The molecule has 1 unspecified atom stereocenters. The van der Waals surface area contributed by atoms with Gasteiger partial charge in [-0.3, -0.25) is 19.7 Å². The van der Waals surface area contributed by atoms with Crippen molar-refractivity contribution in [3.8, 4) is 0 Å². The van der Waals surface area contributed by atoms with Crippen LogP contribution in [-0.4, -0.2) is 39.5 Å². The van der Waals surface area contributed by atoms with Gasteiger partial charge in [-0.15, -0.1) is 11.8 Å². The lowest BCUT2D eigenvalue weighted by atomic mass is 9.94. The van der Waals surface area contributed by atoms with E-state index in [-0.39, 0.29) is 35.8 Å². The van der Waals surface area contributed by atoms with Gasteiger partial charge in [-0.05, 0) is 41.7 Å². The van der Waals surface area contributed by atoms with E-state index in [1.165, 1.54) is 30.3 Å². The highest BCUT2D eigenvalue weighted by Gasteiger charge is 2.31. The Labute approximate surface area is 244 Å². The summed E-state index contributed by atoms with van der Waals surface area (Å²) in [6, 6.07) is 22.9. The predicted octanol–water partition coefficient (Wildman–Crippen LogP) is 6.57. The second-order valence-electron chi connectivity index (χ2n) is 10.1. The maximum absolute atomic E-state index is 13.8. The number of rotatable bonds is 12. The third-order valence-corrected chi connectivity index (χ3v) is 8.37. The van der Waals surface area contributed by atoms with Gasteiger partial charge in [0.05, 0.1) is 10.7 Å². The molecule has 0 bridgehead atoms. The quantitative estimate of drug-likeness (QED) is 0.193. The summed E-state index contributed by atoms with van der Waals surface area (Å²) in [7, 11) is 0. The Hall–Kier alpha value is -3.36. The Balaban J connectivity index is 1.54. The summed E-state index contributed by atoms with van der Waals surface area (Å²) in [5.41, 5.74) is 2.80. The van der Waals surface area contributed by atoms with Crippen molar-refractivity contribution < 1.29 is 14.5 Å². The van der Waals surface area contributed by atoms with Gasteiger partial charge in [-0.2, -0.15) is 0 Å². The molecule has 0 heterocycles. The Morgan fingerprint density at radius 1 is 0.925 bits per heavy atom. The Kier molecular flexibility index (Phi) is 11.0. The average Bonchev–Trinajstić information content (AvgIpc) is 2.97. The molecule has 0 aliphatic heterocycles. The molecule has 3 aromatic rings. The number of thioether (sulfide) groups is 1. The fourth-order valence-electron chi connectivity index (χ4n) is 4.94. The van der Waals surface area contributed by atoms with Crippen molar-refractivity contribution in [2.24, 2.45) is 0 Å². The van der Waals surface area contributed by atoms with Crippen molar-refractivity contribution in [2.45, 2.75) is 62.9 Å². The molecule has 3 aromatic carbocycles. The predicted molar refractivity (Wildman–Crippen MR) is 160 cm³/mol. The van der Waals surface area contributed by atoms with Crippen molar-refractivity contribution in [3.05, 3.63) is 111 Å². The lowest BCUT2D eigenvalue weighted by Crippen LogP contribution is -2.53. The molecule has 7 nitrogen and oxygen atoms in total. The van der Waals surface area contributed by atoms with E-state index in [1.54, 1.807) is 29.2 Å². The molecule has 1 fully saturated rings. The minimum absolute atomic E-state index is 0.0340. The number of halogens is 1. The summed E-state index contributed by atoms with van der Waals surface area (Å²) in [6.07, 6.45) is 5.71. The smallest absolute Gasteiger partial charge is 0.269 e. The number of hydrogen-bond donors (Lipinski definition) is 1. The Bertz CT molecular complexity index is 1270. The van der Waals surface area contributed by atoms with Crippen LogP contribution in [0.5, 0.6) is 0 Å². The minimum atomic E-state index is -0.674. The zero-order valence-electron chi connectivity index (χ0n) is 22.3. The lowest BCUT2D eigenvalue weighted by molar-refractivity contribution is -0.384. The minimum Gasteiger partial charge on any atom is -0.352 e. The topological polar surface area (TPSA) is 92.6 Å². The van der Waals surface area contributed by atoms with E-state index in [0.29, 0.717) is 17.2 Å². The molecule has 2 amide bonds. The molecule has 4 rings (SSSR count). The van der Waals surface area contributed by atoms with Gasteiger partial charge in [0.25, 0.3) is 5.69 Å². The number of benzene rings is 3. The number of nitro benzene ring substituents is 1. The standard InChI is InChI=1S/C31H34ClN3O4S/c32-26-15-11-24(12-16-26)20-34(30(36)22-40-21-25-13-17-28(18-14-25)35(38)39)29(19-23-7-3-1-4-8-23)31(37)33-27-9-5-2-6-10-27/h1,3-4,7-8,11-18,27,29H,2,5-6,9-10,19-22H2,(H,33,37). The van der Waals surface area contributed by atoms with Crippen molar-refractivity contribution in [2.75, 3.05) is 5.75 Å². The van der Waals surface area contributed by atoms with Gasteiger partial charge in [-0.25, -0.2) is 0 Å². The van der Waals surface area contributed by atoms with E-state index in [4.69, 9.17) is 11.6 Å². The van der Waals surface area contributed by atoms with Crippen LogP contribution in [0.15, 0.2) is 78.9 Å². The molecule has 1 aliphatic rings. The molecule has 9 heteroatoms. The van der Waals surface area contributed by atoms with Crippen LogP contribution in [-0.2, 0) is 28.3 Å². The summed E-state index contributed by atoms with van der Waals surface area (Å²) >= 11 is 7.54. The molecule has 0 saturated heterocycles. The fraction of sp³-hybridized carbons (Fsp3) is 0.355. The fourth-order valence-corrected chi connectivity index (χ4v) is 5.93. The van der Waals surface area contributed by atoms with E-state index in [1.807, 2.05) is 42.5 Å². The number of nitrogens with one attached hydrogen (secondary N) is 1. The normalized spacial score (nSPS) is 14.3. The number of non-ortho nitro benzene ring substituents is 1. The number of hydrogen-bond acceptors (Lipinski definition) is 5. The van der Waals surface area contributed by atoms with E-state index < -0.39 is 11.0 Å². The van der Waals surface area contributed by atoms with Crippen molar-refractivity contribution >= 4 is 40.9 Å². The molecule has 40 heavy (non-hydrogen) atoms. The molecule has 210 valence electrons. The summed E-state index contributed by atoms with van der Waals surface area (Å²) < 4.78 is 0. The van der Waals surface area contributed by atoms with Gasteiger partial charge in [0.15, 0.2) is 0 Å². The second-order valence-corrected chi connectivity index (χ2v) is 11.5. The van der Waals surface area contributed by atoms with Crippen LogP contribution in [0.25, 0.3) is 0 Å². The van der Waals surface area contributed by atoms with E-state index in [9.17, 15) is 19.7 Å². The van der Waals surface area contributed by atoms with Crippen LogP contribution in [0.4, 0.5) is 5.69 Å². The summed E-state index contributed by atoms with van der Waals surface area (Å²) in [4.78, 5) is 39.8. The van der Waals surface area contributed by atoms with Crippen molar-refractivity contribution in [1.82, 2.24) is 10.2 Å². The average molecular weight is 580 g/mol. The van der Waals surface area contributed by atoms with Crippen LogP contribution in [0, 0.1) is 10.1 Å². The largest absolute Gasteiger partial charge is 0.352 e. The highest BCUT2D eigenvalue weighted by atomic mass is 35.5. The highest BCUT2D eigenvalue weighted by Crippen LogP contribution is 2.22. The van der Waals surface area contributed by atoms with Gasteiger partial charge < -0.3 is 10.2 Å². The maximum Gasteiger partial charge on any atom is 0.269 e. The zero-order chi connectivity index (χ0) is 28.3. The van der Waals surface area contributed by atoms with Crippen LogP contribution in [0.3, 0.4) is 0 Å². The first kappa shape index (κ1) is 29.6. The van der Waals surface area contributed by atoms with Crippen molar-refractivity contribution in [3.63, 3.8) is 0 Å². The third-order valence-electron chi connectivity index (χ3n) is 7.13. The zero-order valence-corrected chi connectivity index (χ0v) is 23.9. The number of carbonyl (C=O) groups excluding carboxylic acids is 2.